The van der Waals surface area contributed by atoms with Gasteiger partial charge in [-0.1, -0.05) is 12.1 Å². The van der Waals surface area contributed by atoms with Crippen LogP contribution in [0, 0.1) is 0 Å². The Morgan fingerprint density at radius 1 is 1.29 bits per heavy atom. The number of rotatable bonds is 8. The van der Waals surface area contributed by atoms with Crippen molar-refractivity contribution in [2.24, 2.45) is 11.5 Å². The number of hydrogen-bond acceptors (Lipinski definition) is 4. The Morgan fingerprint density at radius 2 is 2.00 bits per heavy atom. The van der Waals surface area contributed by atoms with E-state index < -0.39 is 0 Å². The second kappa shape index (κ2) is 8.06. The van der Waals surface area contributed by atoms with E-state index in [9.17, 15) is 0 Å². The van der Waals surface area contributed by atoms with E-state index in [1.807, 2.05) is 19.1 Å². The van der Waals surface area contributed by atoms with Crippen LogP contribution in [-0.2, 0) is 6.42 Å². The zero-order chi connectivity index (χ0) is 12.5. The van der Waals surface area contributed by atoms with Gasteiger partial charge in [0.15, 0.2) is 0 Å². The summed E-state index contributed by atoms with van der Waals surface area (Å²) in [6.45, 7) is 4.94. The highest BCUT2D eigenvalue weighted by molar-refractivity contribution is 5.27. The molecule has 0 fully saturated rings. The van der Waals surface area contributed by atoms with E-state index in [4.69, 9.17) is 16.2 Å². The quantitative estimate of drug-likeness (QED) is 0.576. The third-order valence-electron chi connectivity index (χ3n) is 2.46. The number of ether oxygens (including phenoxy) is 1. The van der Waals surface area contributed by atoms with Crippen molar-refractivity contribution in [3.05, 3.63) is 29.8 Å². The van der Waals surface area contributed by atoms with Gasteiger partial charge in [-0.2, -0.15) is 0 Å². The Hall–Kier alpha value is -1.10. The normalized spacial score (nSPS) is 12.4. The molecule has 0 radical (unpaired) electrons. The zero-order valence-electron chi connectivity index (χ0n) is 10.5. The third-order valence-corrected chi connectivity index (χ3v) is 2.46. The van der Waals surface area contributed by atoms with Gasteiger partial charge < -0.3 is 21.5 Å². The number of nitrogens with one attached hydrogen (secondary N) is 1. The van der Waals surface area contributed by atoms with Crippen molar-refractivity contribution in [1.29, 1.82) is 0 Å². The van der Waals surface area contributed by atoms with Crippen molar-refractivity contribution in [3.8, 4) is 5.75 Å². The first-order valence-electron chi connectivity index (χ1n) is 6.14. The molecule has 96 valence electrons. The van der Waals surface area contributed by atoms with Crippen molar-refractivity contribution in [2.45, 2.75) is 19.4 Å². The molecule has 0 aliphatic carbocycles. The first kappa shape index (κ1) is 14.0. The Morgan fingerprint density at radius 3 is 2.59 bits per heavy atom. The molecule has 4 heteroatoms. The van der Waals surface area contributed by atoms with Gasteiger partial charge in [-0.05, 0) is 31.0 Å². The summed E-state index contributed by atoms with van der Waals surface area (Å²) in [5.41, 5.74) is 12.6. The fraction of sp³-hybridized carbons (Fsp3) is 0.538. The summed E-state index contributed by atoms with van der Waals surface area (Å²) in [6.07, 6.45) is 0.865. The first-order valence-corrected chi connectivity index (χ1v) is 6.14. The molecule has 1 aromatic carbocycles. The van der Waals surface area contributed by atoms with Crippen LogP contribution in [0.2, 0.25) is 0 Å². The van der Waals surface area contributed by atoms with E-state index >= 15 is 0 Å². The van der Waals surface area contributed by atoms with Crippen LogP contribution in [-0.4, -0.2) is 32.3 Å². The van der Waals surface area contributed by atoms with E-state index in [2.05, 4.69) is 17.4 Å². The summed E-state index contributed by atoms with van der Waals surface area (Å²) in [5.74, 6) is 0.908. The number of benzene rings is 1. The second-order valence-electron chi connectivity index (χ2n) is 4.03. The standard InChI is InChI=1S/C13H23N3O/c1-2-17-13-5-3-11(4-6-13)9-12(15)10-16-8-7-14/h3-6,12,16H,2,7-10,14-15H2,1H3/t12-/m0/s1. The minimum absolute atomic E-state index is 0.125. The molecule has 0 heterocycles. The molecule has 0 unspecified atom stereocenters. The SMILES string of the molecule is CCOc1ccc(C[C@H](N)CNCCN)cc1. The smallest absolute Gasteiger partial charge is 0.119 e. The second-order valence-corrected chi connectivity index (χ2v) is 4.03. The Bertz CT molecular complexity index is 300. The summed E-state index contributed by atoms with van der Waals surface area (Å²) in [4.78, 5) is 0. The van der Waals surface area contributed by atoms with E-state index in [0.29, 0.717) is 13.2 Å². The maximum Gasteiger partial charge on any atom is 0.119 e. The third kappa shape index (κ3) is 5.68. The summed E-state index contributed by atoms with van der Waals surface area (Å²) in [7, 11) is 0. The van der Waals surface area contributed by atoms with Crippen molar-refractivity contribution < 1.29 is 4.74 Å². The molecule has 1 atom stereocenters. The van der Waals surface area contributed by atoms with Crippen LogP contribution in [0.15, 0.2) is 24.3 Å². The highest BCUT2D eigenvalue weighted by Gasteiger charge is 2.03. The first-order chi connectivity index (χ1) is 8.26. The molecule has 0 spiro atoms. The Labute approximate surface area is 103 Å². The molecule has 4 nitrogen and oxygen atoms in total. The van der Waals surface area contributed by atoms with Crippen LogP contribution in [0.25, 0.3) is 0 Å². The van der Waals surface area contributed by atoms with Crippen molar-refractivity contribution in [3.63, 3.8) is 0 Å². The molecule has 0 aliphatic heterocycles. The lowest BCUT2D eigenvalue weighted by Gasteiger charge is -2.12. The molecule has 0 aromatic heterocycles. The van der Waals surface area contributed by atoms with Crippen LogP contribution in [0.5, 0.6) is 5.75 Å². The van der Waals surface area contributed by atoms with Crippen LogP contribution < -0.4 is 21.5 Å². The van der Waals surface area contributed by atoms with Crippen LogP contribution in [0.4, 0.5) is 0 Å². The molecule has 0 saturated heterocycles. The van der Waals surface area contributed by atoms with Crippen LogP contribution in [0.3, 0.4) is 0 Å². The lowest BCUT2D eigenvalue weighted by atomic mass is 10.1. The average molecular weight is 237 g/mol. The minimum Gasteiger partial charge on any atom is -0.494 e. The van der Waals surface area contributed by atoms with Gasteiger partial charge in [0.1, 0.15) is 5.75 Å². The van der Waals surface area contributed by atoms with Gasteiger partial charge in [0.2, 0.25) is 0 Å². The average Bonchev–Trinajstić information content (AvgIpc) is 2.32. The molecule has 0 aliphatic rings. The number of nitrogens with two attached hydrogens (primary N) is 2. The van der Waals surface area contributed by atoms with Gasteiger partial charge in [0.05, 0.1) is 6.61 Å². The molecule has 17 heavy (non-hydrogen) atoms. The molecular weight excluding hydrogens is 214 g/mol. The Balaban J connectivity index is 2.34. The van der Waals surface area contributed by atoms with Crippen molar-refractivity contribution in [1.82, 2.24) is 5.32 Å². The van der Waals surface area contributed by atoms with Gasteiger partial charge in [0, 0.05) is 25.7 Å². The van der Waals surface area contributed by atoms with Gasteiger partial charge in [-0.3, -0.25) is 0 Å². The molecule has 5 N–H and O–H groups in total. The summed E-state index contributed by atoms with van der Waals surface area (Å²) in [5, 5.41) is 3.21. The molecule has 0 amide bonds. The molecular formula is C13H23N3O. The van der Waals surface area contributed by atoms with Crippen molar-refractivity contribution >= 4 is 0 Å². The lowest BCUT2D eigenvalue weighted by Crippen LogP contribution is -2.37. The van der Waals surface area contributed by atoms with Gasteiger partial charge in [-0.25, -0.2) is 0 Å². The topological polar surface area (TPSA) is 73.3 Å². The Kier molecular flexibility index (Phi) is 6.62. The highest BCUT2D eigenvalue weighted by atomic mass is 16.5. The summed E-state index contributed by atoms with van der Waals surface area (Å²) >= 11 is 0. The van der Waals surface area contributed by atoms with E-state index in [1.54, 1.807) is 0 Å². The summed E-state index contributed by atoms with van der Waals surface area (Å²) < 4.78 is 5.39. The van der Waals surface area contributed by atoms with Crippen molar-refractivity contribution in [2.75, 3.05) is 26.2 Å². The fourth-order valence-electron chi connectivity index (χ4n) is 1.65. The van der Waals surface area contributed by atoms with Gasteiger partial charge in [-0.15, -0.1) is 0 Å². The predicted molar refractivity (Wildman–Crippen MR) is 71.2 cm³/mol. The van der Waals surface area contributed by atoms with Gasteiger partial charge in [0.25, 0.3) is 0 Å². The van der Waals surface area contributed by atoms with E-state index in [0.717, 1.165) is 25.3 Å². The zero-order valence-corrected chi connectivity index (χ0v) is 10.5. The van der Waals surface area contributed by atoms with E-state index in [-0.39, 0.29) is 6.04 Å². The molecule has 0 saturated carbocycles. The minimum atomic E-state index is 0.125. The molecule has 0 bridgehead atoms. The largest absolute Gasteiger partial charge is 0.494 e. The maximum atomic E-state index is 6.01. The summed E-state index contributed by atoms with van der Waals surface area (Å²) in [6, 6.07) is 8.22. The van der Waals surface area contributed by atoms with Crippen LogP contribution >= 0.6 is 0 Å². The predicted octanol–water partition coefficient (Wildman–Crippen LogP) is 0.503. The van der Waals surface area contributed by atoms with E-state index in [1.165, 1.54) is 5.56 Å². The fourth-order valence-corrected chi connectivity index (χ4v) is 1.65. The highest BCUT2D eigenvalue weighted by Crippen LogP contribution is 2.12. The molecule has 1 rings (SSSR count). The maximum absolute atomic E-state index is 6.01. The lowest BCUT2D eigenvalue weighted by molar-refractivity contribution is 0.340. The van der Waals surface area contributed by atoms with Gasteiger partial charge >= 0.3 is 0 Å². The number of hydrogen-bond donors (Lipinski definition) is 3. The monoisotopic (exact) mass is 237 g/mol. The van der Waals surface area contributed by atoms with Crippen LogP contribution in [0.1, 0.15) is 12.5 Å². The molecule has 1 aromatic rings.